The summed E-state index contributed by atoms with van der Waals surface area (Å²) in [6, 6.07) is 3.91. The molecule has 0 aliphatic carbocycles. The Labute approximate surface area is 104 Å². The summed E-state index contributed by atoms with van der Waals surface area (Å²) in [4.78, 5) is 4.30. The van der Waals surface area contributed by atoms with Crippen LogP contribution in [-0.2, 0) is 11.2 Å². The first-order valence-electron chi connectivity index (χ1n) is 5.59. The van der Waals surface area contributed by atoms with Crippen LogP contribution in [0.2, 0.25) is 0 Å². The van der Waals surface area contributed by atoms with Gasteiger partial charge in [0.25, 0.3) is 0 Å². The van der Waals surface area contributed by atoms with Crippen LogP contribution in [0, 0.1) is 0 Å². The Kier molecular flexibility index (Phi) is 3.95. The van der Waals surface area contributed by atoms with E-state index in [2.05, 4.69) is 20.9 Å². The average Bonchev–Trinajstić information content (AvgIpc) is 2.47. The van der Waals surface area contributed by atoms with Crippen LogP contribution in [0.5, 0.6) is 0 Å². The molecule has 4 heteroatoms. The van der Waals surface area contributed by atoms with Gasteiger partial charge in [0.1, 0.15) is 0 Å². The molecule has 1 aliphatic rings. The first kappa shape index (κ1) is 12.0. The van der Waals surface area contributed by atoms with Gasteiger partial charge >= 0.3 is 0 Å². The number of nitrogens with zero attached hydrogens (tertiary/aromatic N) is 1. The van der Waals surface area contributed by atoms with Gasteiger partial charge in [-0.15, -0.1) is 0 Å². The van der Waals surface area contributed by atoms with Crippen LogP contribution in [0.25, 0.3) is 0 Å². The molecule has 0 spiro atoms. The molecule has 1 aliphatic heterocycles. The van der Waals surface area contributed by atoms with Crippen molar-refractivity contribution < 1.29 is 9.84 Å². The van der Waals surface area contributed by atoms with Crippen molar-refractivity contribution in [2.45, 2.75) is 31.3 Å². The van der Waals surface area contributed by atoms with Crippen LogP contribution in [0.3, 0.4) is 0 Å². The Morgan fingerprint density at radius 2 is 2.25 bits per heavy atom. The highest BCUT2D eigenvalue weighted by Crippen LogP contribution is 2.25. The molecule has 1 atom stereocenters. The lowest BCUT2D eigenvalue weighted by molar-refractivity contribution is 0.0180. The van der Waals surface area contributed by atoms with Crippen molar-refractivity contribution in [3.05, 3.63) is 28.5 Å². The second-order valence-electron chi connectivity index (χ2n) is 4.33. The minimum atomic E-state index is -0.642. The van der Waals surface area contributed by atoms with Gasteiger partial charge in [-0.25, -0.2) is 0 Å². The van der Waals surface area contributed by atoms with Crippen LogP contribution in [-0.4, -0.2) is 28.9 Å². The smallest absolute Gasteiger partial charge is 0.0725 e. The normalized spacial score (nSPS) is 26.4. The van der Waals surface area contributed by atoms with E-state index in [9.17, 15) is 5.11 Å². The lowest BCUT2D eigenvalue weighted by Gasteiger charge is -2.25. The Morgan fingerprint density at radius 3 is 3.00 bits per heavy atom. The zero-order valence-electron chi connectivity index (χ0n) is 9.16. The number of aromatic nitrogens is 1. The summed E-state index contributed by atoms with van der Waals surface area (Å²) in [5.41, 5.74) is 0.296. The summed E-state index contributed by atoms with van der Waals surface area (Å²) in [5.74, 6) is 0. The van der Waals surface area contributed by atoms with E-state index in [0.717, 1.165) is 29.6 Å². The standard InChI is InChI=1S/C12H16BrNO2/c13-10-2-3-11(14-9-10)8-12(15)4-1-6-16-7-5-12/h2-3,9,15H,1,4-8H2. The van der Waals surface area contributed by atoms with E-state index in [-0.39, 0.29) is 0 Å². The quantitative estimate of drug-likeness (QED) is 0.907. The molecule has 1 unspecified atom stereocenters. The van der Waals surface area contributed by atoms with E-state index in [1.165, 1.54) is 0 Å². The van der Waals surface area contributed by atoms with Gasteiger partial charge in [0.05, 0.1) is 5.60 Å². The third-order valence-corrected chi connectivity index (χ3v) is 3.41. The van der Waals surface area contributed by atoms with E-state index in [4.69, 9.17) is 4.74 Å². The largest absolute Gasteiger partial charge is 0.389 e. The average molecular weight is 286 g/mol. The fourth-order valence-electron chi connectivity index (χ4n) is 2.02. The minimum absolute atomic E-state index is 0.615. The van der Waals surface area contributed by atoms with E-state index in [0.29, 0.717) is 19.4 Å². The predicted molar refractivity (Wildman–Crippen MR) is 65.3 cm³/mol. The molecule has 2 rings (SSSR count). The number of halogens is 1. The highest BCUT2D eigenvalue weighted by atomic mass is 79.9. The van der Waals surface area contributed by atoms with Crippen LogP contribution in [0.15, 0.2) is 22.8 Å². The molecule has 2 heterocycles. The fraction of sp³-hybridized carbons (Fsp3) is 0.583. The molecule has 0 radical (unpaired) electrons. The Balaban J connectivity index is 2.04. The maximum atomic E-state index is 10.4. The topological polar surface area (TPSA) is 42.4 Å². The van der Waals surface area contributed by atoms with Crippen molar-refractivity contribution in [1.29, 1.82) is 0 Å². The van der Waals surface area contributed by atoms with Crippen molar-refractivity contribution in [2.24, 2.45) is 0 Å². The summed E-state index contributed by atoms with van der Waals surface area (Å²) in [5, 5.41) is 10.4. The lowest BCUT2D eigenvalue weighted by atomic mass is 9.89. The van der Waals surface area contributed by atoms with Gasteiger partial charge < -0.3 is 9.84 Å². The van der Waals surface area contributed by atoms with E-state index in [1.807, 2.05) is 12.1 Å². The lowest BCUT2D eigenvalue weighted by Crippen LogP contribution is -2.32. The third-order valence-electron chi connectivity index (χ3n) is 2.94. The Hall–Kier alpha value is -0.450. The predicted octanol–water partition coefficient (Wildman–Crippen LogP) is 2.32. The molecule has 1 saturated heterocycles. The van der Waals surface area contributed by atoms with Crippen LogP contribution in [0.1, 0.15) is 25.0 Å². The zero-order valence-corrected chi connectivity index (χ0v) is 10.7. The molecule has 3 nitrogen and oxygen atoms in total. The molecule has 16 heavy (non-hydrogen) atoms. The van der Waals surface area contributed by atoms with E-state index < -0.39 is 5.60 Å². The van der Waals surface area contributed by atoms with E-state index >= 15 is 0 Å². The van der Waals surface area contributed by atoms with Gasteiger partial charge in [-0.2, -0.15) is 0 Å². The van der Waals surface area contributed by atoms with Crippen molar-refractivity contribution in [2.75, 3.05) is 13.2 Å². The molecule has 0 saturated carbocycles. The summed E-state index contributed by atoms with van der Waals surface area (Å²) in [7, 11) is 0. The van der Waals surface area contributed by atoms with Gasteiger partial charge in [-0.1, -0.05) is 0 Å². The molecule has 1 N–H and O–H groups in total. The van der Waals surface area contributed by atoms with Gasteiger partial charge in [0, 0.05) is 36.0 Å². The van der Waals surface area contributed by atoms with Gasteiger partial charge in [-0.3, -0.25) is 4.98 Å². The van der Waals surface area contributed by atoms with Crippen molar-refractivity contribution >= 4 is 15.9 Å². The molecule has 0 aromatic carbocycles. The molecule has 88 valence electrons. The second kappa shape index (κ2) is 5.25. The SMILES string of the molecule is OC1(Cc2ccc(Br)cn2)CCCOCC1. The van der Waals surface area contributed by atoms with Crippen molar-refractivity contribution in [3.8, 4) is 0 Å². The van der Waals surface area contributed by atoms with Crippen molar-refractivity contribution in [3.63, 3.8) is 0 Å². The maximum absolute atomic E-state index is 10.4. The van der Waals surface area contributed by atoms with Crippen molar-refractivity contribution in [1.82, 2.24) is 4.98 Å². The first-order valence-corrected chi connectivity index (χ1v) is 6.38. The van der Waals surface area contributed by atoms with Gasteiger partial charge in [-0.05, 0) is 47.3 Å². The molecule has 1 aromatic rings. The highest BCUT2D eigenvalue weighted by molar-refractivity contribution is 9.10. The van der Waals surface area contributed by atoms with Gasteiger partial charge in [0.15, 0.2) is 0 Å². The third kappa shape index (κ3) is 3.27. The number of rotatable bonds is 2. The number of hydrogen-bond acceptors (Lipinski definition) is 3. The maximum Gasteiger partial charge on any atom is 0.0725 e. The summed E-state index contributed by atoms with van der Waals surface area (Å²) < 4.78 is 6.32. The van der Waals surface area contributed by atoms with E-state index in [1.54, 1.807) is 6.20 Å². The fourth-order valence-corrected chi connectivity index (χ4v) is 2.25. The molecule has 0 bridgehead atoms. The Bertz CT molecular complexity index is 331. The molecular formula is C12H16BrNO2. The highest BCUT2D eigenvalue weighted by Gasteiger charge is 2.28. The first-order chi connectivity index (χ1) is 7.68. The van der Waals surface area contributed by atoms with Gasteiger partial charge in [0.2, 0.25) is 0 Å². The monoisotopic (exact) mass is 285 g/mol. The number of hydrogen-bond donors (Lipinski definition) is 1. The van der Waals surface area contributed by atoms with Crippen LogP contribution >= 0.6 is 15.9 Å². The molecule has 0 amide bonds. The molecule has 1 fully saturated rings. The molecular weight excluding hydrogens is 270 g/mol. The molecule has 1 aromatic heterocycles. The summed E-state index contributed by atoms with van der Waals surface area (Å²) >= 11 is 3.35. The minimum Gasteiger partial charge on any atom is -0.389 e. The number of ether oxygens (including phenoxy) is 1. The summed E-state index contributed by atoms with van der Waals surface area (Å²) in [6.07, 6.45) is 4.80. The number of aliphatic hydroxyl groups is 1. The van der Waals surface area contributed by atoms with Crippen LogP contribution < -0.4 is 0 Å². The zero-order chi connectivity index (χ0) is 11.4. The number of pyridine rings is 1. The Morgan fingerprint density at radius 1 is 1.38 bits per heavy atom. The van der Waals surface area contributed by atoms with Crippen LogP contribution in [0.4, 0.5) is 0 Å². The second-order valence-corrected chi connectivity index (χ2v) is 5.25. The summed E-state index contributed by atoms with van der Waals surface area (Å²) in [6.45, 7) is 1.41.